The number of hydrogen-bond acceptors (Lipinski definition) is 5. The van der Waals surface area contributed by atoms with E-state index in [-0.39, 0.29) is 29.8 Å². The molecule has 0 radical (unpaired) electrons. The summed E-state index contributed by atoms with van der Waals surface area (Å²) < 4.78 is 2.74. The van der Waals surface area contributed by atoms with Gasteiger partial charge in [0.1, 0.15) is 0 Å². The van der Waals surface area contributed by atoms with Crippen molar-refractivity contribution in [2.24, 2.45) is 12.8 Å². The van der Waals surface area contributed by atoms with Gasteiger partial charge in [0.2, 0.25) is 0 Å². The molecule has 0 saturated heterocycles. The van der Waals surface area contributed by atoms with Crippen LogP contribution in [0.1, 0.15) is 58.8 Å². The van der Waals surface area contributed by atoms with Gasteiger partial charge in [-0.3, -0.25) is 13.9 Å². The molecular weight excluding hydrogens is 432 g/mol. The van der Waals surface area contributed by atoms with Gasteiger partial charge in [0.05, 0.1) is 23.7 Å². The molecule has 8 nitrogen and oxygen atoms in total. The lowest BCUT2D eigenvalue weighted by atomic mass is 9.84. The summed E-state index contributed by atoms with van der Waals surface area (Å²) in [6.45, 7) is 0.276. The standard InChI is InChI=1S/C19H22N4O2.C7H6O2/c1-22-18(24)10-17(13-7-4-8-16(21)9-13)23(19(22)25)12-15-6-3-2-5-14(15)11-20;8-7(9)6-4-2-1-3-5-6/h2-3,5-6,10,13,16H,4,7-9,12,21H2,1H3;1-5H,(H,8,9)/t13?,16-;/m1./s1. The van der Waals surface area contributed by atoms with Crippen molar-refractivity contribution in [3.63, 3.8) is 0 Å². The lowest BCUT2D eigenvalue weighted by Crippen LogP contribution is -2.41. The second kappa shape index (κ2) is 11.3. The molecule has 176 valence electrons. The van der Waals surface area contributed by atoms with Crippen molar-refractivity contribution in [1.82, 2.24) is 9.13 Å². The van der Waals surface area contributed by atoms with Crippen LogP contribution in [0.5, 0.6) is 0 Å². The number of hydrogen-bond donors (Lipinski definition) is 2. The van der Waals surface area contributed by atoms with E-state index in [1.807, 2.05) is 12.1 Å². The van der Waals surface area contributed by atoms with E-state index in [4.69, 9.17) is 10.8 Å². The SMILES string of the molecule is Cn1c(=O)cc(C2CCC[C@@H](N)C2)n(Cc2ccccc2C#N)c1=O.O=C(O)c1ccccc1. The minimum Gasteiger partial charge on any atom is -0.478 e. The van der Waals surface area contributed by atoms with Crippen LogP contribution in [0.3, 0.4) is 0 Å². The summed E-state index contributed by atoms with van der Waals surface area (Å²) >= 11 is 0. The molecule has 0 spiro atoms. The Labute approximate surface area is 197 Å². The highest BCUT2D eigenvalue weighted by molar-refractivity contribution is 5.87. The summed E-state index contributed by atoms with van der Waals surface area (Å²) in [5.41, 5.74) is 7.82. The van der Waals surface area contributed by atoms with Crippen LogP contribution in [0, 0.1) is 11.3 Å². The van der Waals surface area contributed by atoms with Gasteiger partial charge in [-0.15, -0.1) is 0 Å². The second-order valence-electron chi connectivity index (χ2n) is 8.40. The normalized spacial score (nSPS) is 17.2. The first-order valence-corrected chi connectivity index (χ1v) is 11.1. The Morgan fingerprint density at radius 2 is 1.79 bits per heavy atom. The maximum Gasteiger partial charge on any atom is 0.335 e. The fraction of sp³-hybridized carbons (Fsp3) is 0.308. The molecule has 1 fully saturated rings. The molecule has 34 heavy (non-hydrogen) atoms. The molecule has 1 aliphatic carbocycles. The number of carboxylic acid groups (broad SMARTS) is 1. The average molecular weight is 461 g/mol. The monoisotopic (exact) mass is 460 g/mol. The van der Waals surface area contributed by atoms with Gasteiger partial charge < -0.3 is 10.8 Å². The minimum atomic E-state index is -0.879. The Hall–Kier alpha value is -3.96. The molecule has 1 unspecified atom stereocenters. The molecule has 0 bridgehead atoms. The zero-order valence-electron chi connectivity index (χ0n) is 19.1. The number of rotatable bonds is 4. The Morgan fingerprint density at radius 3 is 2.41 bits per heavy atom. The third kappa shape index (κ3) is 5.88. The average Bonchev–Trinajstić information content (AvgIpc) is 2.85. The van der Waals surface area contributed by atoms with Gasteiger partial charge >= 0.3 is 11.7 Å². The summed E-state index contributed by atoms with van der Waals surface area (Å²) in [5, 5.41) is 17.7. The highest BCUT2D eigenvalue weighted by Gasteiger charge is 2.25. The molecule has 2 aromatic carbocycles. The van der Waals surface area contributed by atoms with Crippen molar-refractivity contribution >= 4 is 5.97 Å². The number of nitrogens with zero attached hydrogens (tertiary/aromatic N) is 3. The third-order valence-electron chi connectivity index (χ3n) is 6.05. The number of benzene rings is 2. The van der Waals surface area contributed by atoms with Crippen LogP contribution in [0.15, 0.2) is 70.3 Å². The van der Waals surface area contributed by atoms with E-state index in [2.05, 4.69) is 6.07 Å². The topological polar surface area (TPSA) is 131 Å². The molecule has 0 aliphatic heterocycles. The first-order chi connectivity index (χ1) is 16.3. The predicted octanol–water partition coefficient (Wildman–Crippen LogP) is 2.84. The van der Waals surface area contributed by atoms with E-state index in [1.54, 1.807) is 53.1 Å². The van der Waals surface area contributed by atoms with Gasteiger partial charge in [-0.05, 0) is 43.0 Å². The molecule has 3 N–H and O–H groups in total. The van der Waals surface area contributed by atoms with Crippen LogP contribution < -0.4 is 17.0 Å². The fourth-order valence-corrected chi connectivity index (χ4v) is 4.20. The molecule has 1 heterocycles. The fourth-order valence-electron chi connectivity index (χ4n) is 4.20. The van der Waals surface area contributed by atoms with Crippen LogP contribution in [-0.2, 0) is 13.6 Å². The van der Waals surface area contributed by atoms with E-state index in [0.29, 0.717) is 11.1 Å². The smallest absolute Gasteiger partial charge is 0.335 e. The number of nitrogens with two attached hydrogens (primary N) is 1. The Balaban J connectivity index is 0.000000302. The minimum absolute atomic E-state index is 0.0951. The highest BCUT2D eigenvalue weighted by atomic mass is 16.4. The van der Waals surface area contributed by atoms with Gasteiger partial charge in [-0.1, -0.05) is 42.8 Å². The van der Waals surface area contributed by atoms with E-state index in [9.17, 15) is 19.6 Å². The van der Waals surface area contributed by atoms with E-state index in [0.717, 1.165) is 41.5 Å². The third-order valence-corrected chi connectivity index (χ3v) is 6.05. The van der Waals surface area contributed by atoms with Gasteiger partial charge in [0, 0.05) is 30.8 Å². The Morgan fingerprint density at radius 1 is 1.12 bits per heavy atom. The second-order valence-corrected chi connectivity index (χ2v) is 8.40. The maximum atomic E-state index is 12.8. The van der Waals surface area contributed by atoms with Crippen LogP contribution in [0.4, 0.5) is 0 Å². The molecule has 1 aromatic heterocycles. The number of carboxylic acids is 1. The first kappa shape index (κ1) is 24.7. The maximum absolute atomic E-state index is 12.8. The lowest BCUT2D eigenvalue weighted by molar-refractivity contribution is 0.0697. The van der Waals surface area contributed by atoms with E-state index in [1.165, 1.54) is 7.05 Å². The van der Waals surface area contributed by atoms with Crippen molar-refractivity contribution in [3.05, 3.63) is 104 Å². The quantitative estimate of drug-likeness (QED) is 0.615. The predicted molar refractivity (Wildman–Crippen MR) is 129 cm³/mol. The summed E-state index contributed by atoms with van der Waals surface area (Å²) in [6, 6.07) is 19.3. The lowest BCUT2D eigenvalue weighted by Gasteiger charge is -2.29. The highest BCUT2D eigenvalue weighted by Crippen LogP contribution is 2.31. The van der Waals surface area contributed by atoms with Crippen molar-refractivity contribution in [1.29, 1.82) is 5.26 Å². The molecule has 3 aromatic rings. The Kier molecular flexibility index (Phi) is 8.17. The van der Waals surface area contributed by atoms with Crippen LogP contribution in [-0.4, -0.2) is 26.3 Å². The molecule has 2 atom stereocenters. The summed E-state index contributed by atoms with van der Waals surface area (Å²) in [4.78, 5) is 35.1. The van der Waals surface area contributed by atoms with Crippen LogP contribution in [0.2, 0.25) is 0 Å². The zero-order chi connectivity index (χ0) is 24.7. The summed E-state index contributed by atoms with van der Waals surface area (Å²) in [6.07, 6.45) is 3.65. The molecule has 4 rings (SSSR count). The summed E-state index contributed by atoms with van der Waals surface area (Å²) in [7, 11) is 1.48. The van der Waals surface area contributed by atoms with Crippen molar-refractivity contribution in [2.75, 3.05) is 0 Å². The van der Waals surface area contributed by atoms with Crippen molar-refractivity contribution < 1.29 is 9.90 Å². The van der Waals surface area contributed by atoms with E-state index < -0.39 is 5.97 Å². The van der Waals surface area contributed by atoms with Crippen LogP contribution >= 0.6 is 0 Å². The first-order valence-electron chi connectivity index (χ1n) is 11.1. The van der Waals surface area contributed by atoms with Crippen LogP contribution in [0.25, 0.3) is 0 Å². The number of aromatic carboxylic acids is 1. The number of aromatic nitrogens is 2. The van der Waals surface area contributed by atoms with Gasteiger partial charge in [-0.2, -0.15) is 5.26 Å². The van der Waals surface area contributed by atoms with Crippen molar-refractivity contribution in [2.45, 2.75) is 44.2 Å². The molecule has 8 heteroatoms. The zero-order valence-corrected chi connectivity index (χ0v) is 19.1. The van der Waals surface area contributed by atoms with Crippen molar-refractivity contribution in [3.8, 4) is 6.07 Å². The number of nitriles is 1. The summed E-state index contributed by atoms with van der Waals surface area (Å²) in [5.74, 6) is -0.782. The van der Waals surface area contributed by atoms with Gasteiger partial charge in [0.15, 0.2) is 0 Å². The molecule has 0 amide bonds. The van der Waals surface area contributed by atoms with Gasteiger partial charge in [-0.25, -0.2) is 9.59 Å². The number of carbonyl (C=O) groups is 1. The molecular formula is C26H28N4O4. The molecule has 1 saturated carbocycles. The van der Waals surface area contributed by atoms with E-state index >= 15 is 0 Å². The Bertz CT molecular complexity index is 1300. The van der Waals surface area contributed by atoms with Gasteiger partial charge in [0.25, 0.3) is 5.56 Å². The molecule has 1 aliphatic rings. The largest absolute Gasteiger partial charge is 0.478 e.